The molecular formula is C12H25NO. The normalized spacial score (nSPS) is 33.2. The van der Waals surface area contributed by atoms with Crippen molar-refractivity contribution in [2.75, 3.05) is 6.54 Å². The lowest BCUT2D eigenvalue weighted by Gasteiger charge is -2.34. The van der Waals surface area contributed by atoms with Gasteiger partial charge in [-0.2, -0.15) is 0 Å². The largest absolute Gasteiger partial charge is 0.389 e. The van der Waals surface area contributed by atoms with Gasteiger partial charge < -0.3 is 5.11 Å². The lowest BCUT2D eigenvalue weighted by atomic mass is 10.0. The lowest BCUT2D eigenvalue weighted by Crippen LogP contribution is -2.45. The van der Waals surface area contributed by atoms with Gasteiger partial charge in [-0.05, 0) is 39.5 Å². The molecule has 14 heavy (non-hydrogen) atoms. The fraction of sp³-hybridized carbons (Fsp3) is 1.00. The van der Waals surface area contributed by atoms with Crippen molar-refractivity contribution in [2.24, 2.45) is 0 Å². The molecule has 1 aliphatic rings. The number of β-amino-alcohol motifs (C(OH)–C–C–N with tert-alkyl or cyclic N) is 1. The van der Waals surface area contributed by atoms with Crippen LogP contribution < -0.4 is 0 Å². The van der Waals surface area contributed by atoms with Crippen molar-refractivity contribution in [3.8, 4) is 0 Å². The molecule has 0 aromatic carbocycles. The minimum absolute atomic E-state index is 0.508. The molecule has 1 N–H and O–H groups in total. The first-order chi connectivity index (χ1) is 6.50. The fourth-order valence-corrected chi connectivity index (χ4v) is 2.35. The highest BCUT2D eigenvalue weighted by Gasteiger charge is 2.33. The third-order valence-corrected chi connectivity index (χ3v) is 3.71. The Labute approximate surface area is 88.3 Å². The number of nitrogens with zero attached hydrogens (tertiary/aromatic N) is 1. The van der Waals surface area contributed by atoms with E-state index in [1.54, 1.807) is 0 Å². The van der Waals surface area contributed by atoms with Gasteiger partial charge in [0.1, 0.15) is 0 Å². The van der Waals surface area contributed by atoms with Gasteiger partial charge in [-0.1, -0.05) is 13.8 Å². The van der Waals surface area contributed by atoms with E-state index in [4.69, 9.17) is 0 Å². The number of aliphatic hydroxyl groups is 1. The van der Waals surface area contributed by atoms with Gasteiger partial charge in [-0.15, -0.1) is 0 Å². The van der Waals surface area contributed by atoms with Crippen LogP contribution in [0.25, 0.3) is 0 Å². The number of hydrogen-bond donors (Lipinski definition) is 1. The molecule has 3 unspecified atom stereocenters. The van der Waals surface area contributed by atoms with E-state index in [0.29, 0.717) is 12.1 Å². The van der Waals surface area contributed by atoms with Crippen LogP contribution in [0.1, 0.15) is 53.4 Å². The quantitative estimate of drug-likeness (QED) is 0.751. The SMILES string of the molecule is CCC1CCC(C)N1CC(C)(O)CC. The zero-order valence-electron chi connectivity index (χ0n) is 10.1. The van der Waals surface area contributed by atoms with E-state index >= 15 is 0 Å². The predicted molar refractivity (Wildman–Crippen MR) is 60.4 cm³/mol. The second-order valence-corrected chi connectivity index (χ2v) is 5.01. The average Bonchev–Trinajstić information content (AvgIpc) is 2.48. The summed E-state index contributed by atoms with van der Waals surface area (Å²) in [4.78, 5) is 2.49. The molecule has 0 aliphatic carbocycles. The molecular weight excluding hydrogens is 174 g/mol. The molecule has 1 heterocycles. The van der Waals surface area contributed by atoms with E-state index < -0.39 is 5.60 Å². The first kappa shape index (κ1) is 12.0. The van der Waals surface area contributed by atoms with E-state index in [0.717, 1.165) is 13.0 Å². The number of hydrogen-bond acceptors (Lipinski definition) is 2. The topological polar surface area (TPSA) is 23.5 Å². The number of likely N-dealkylation sites (tertiary alicyclic amines) is 1. The Hall–Kier alpha value is -0.0800. The molecule has 0 spiro atoms. The standard InChI is InChI=1S/C12H25NO/c1-5-11-8-7-10(3)13(11)9-12(4,14)6-2/h10-11,14H,5-9H2,1-4H3. The summed E-state index contributed by atoms with van der Waals surface area (Å²) in [5.74, 6) is 0. The second-order valence-electron chi connectivity index (χ2n) is 5.01. The monoisotopic (exact) mass is 199 g/mol. The molecule has 1 aliphatic heterocycles. The Kier molecular flexibility index (Phi) is 3.96. The molecule has 0 aromatic heterocycles. The molecule has 0 bridgehead atoms. The Bertz CT molecular complexity index is 179. The van der Waals surface area contributed by atoms with Crippen molar-refractivity contribution < 1.29 is 5.11 Å². The first-order valence-corrected chi connectivity index (χ1v) is 5.98. The van der Waals surface area contributed by atoms with Gasteiger partial charge in [0.25, 0.3) is 0 Å². The maximum Gasteiger partial charge on any atom is 0.0743 e. The minimum Gasteiger partial charge on any atom is -0.389 e. The maximum atomic E-state index is 10.1. The third kappa shape index (κ3) is 2.71. The average molecular weight is 199 g/mol. The summed E-state index contributed by atoms with van der Waals surface area (Å²) in [5.41, 5.74) is -0.508. The van der Waals surface area contributed by atoms with Crippen LogP contribution in [-0.2, 0) is 0 Å². The van der Waals surface area contributed by atoms with Crippen molar-refractivity contribution in [1.82, 2.24) is 4.90 Å². The van der Waals surface area contributed by atoms with Crippen molar-refractivity contribution in [3.63, 3.8) is 0 Å². The maximum absolute atomic E-state index is 10.1. The minimum atomic E-state index is -0.508. The predicted octanol–water partition coefficient (Wildman–Crippen LogP) is 2.41. The fourth-order valence-electron chi connectivity index (χ4n) is 2.35. The molecule has 3 atom stereocenters. The van der Waals surface area contributed by atoms with Crippen LogP contribution in [0, 0.1) is 0 Å². The van der Waals surface area contributed by atoms with Crippen molar-refractivity contribution in [3.05, 3.63) is 0 Å². The van der Waals surface area contributed by atoms with Crippen LogP contribution in [0.5, 0.6) is 0 Å². The van der Waals surface area contributed by atoms with Crippen LogP contribution in [0.15, 0.2) is 0 Å². The van der Waals surface area contributed by atoms with Crippen molar-refractivity contribution >= 4 is 0 Å². The van der Waals surface area contributed by atoms with Crippen LogP contribution in [0.4, 0.5) is 0 Å². The van der Waals surface area contributed by atoms with Gasteiger partial charge >= 0.3 is 0 Å². The Morgan fingerprint density at radius 3 is 2.50 bits per heavy atom. The van der Waals surface area contributed by atoms with Gasteiger partial charge in [-0.25, -0.2) is 0 Å². The van der Waals surface area contributed by atoms with Crippen molar-refractivity contribution in [2.45, 2.75) is 71.1 Å². The number of rotatable bonds is 4. The molecule has 2 nitrogen and oxygen atoms in total. The zero-order chi connectivity index (χ0) is 10.8. The Morgan fingerprint density at radius 2 is 2.00 bits per heavy atom. The summed E-state index contributed by atoms with van der Waals surface area (Å²) in [6.45, 7) is 9.37. The van der Waals surface area contributed by atoms with Crippen LogP contribution in [0.3, 0.4) is 0 Å². The van der Waals surface area contributed by atoms with Crippen molar-refractivity contribution in [1.29, 1.82) is 0 Å². The summed E-state index contributed by atoms with van der Waals surface area (Å²) in [7, 11) is 0. The van der Waals surface area contributed by atoms with Gasteiger partial charge in [0, 0.05) is 18.6 Å². The highest BCUT2D eigenvalue weighted by Crippen LogP contribution is 2.28. The Balaban J connectivity index is 2.56. The van der Waals surface area contributed by atoms with Crippen LogP contribution in [0.2, 0.25) is 0 Å². The second kappa shape index (κ2) is 4.63. The summed E-state index contributed by atoms with van der Waals surface area (Å²) in [5, 5.41) is 10.1. The van der Waals surface area contributed by atoms with Gasteiger partial charge in [-0.3, -0.25) is 4.90 Å². The molecule has 0 amide bonds. The summed E-state index contributed by atoms with van der Waals surface area (Å²) in [6.07, 6.45) is 4.65. The van der Waals surface area contributed by atoms with E-state index in [1.807, 2.05) is 6.92 Å². The molecule has 0 radical (unpaired) electrons. The van der Waals surface area contributed by atoms with Gasteiger partial charge in [0.05, 0.1) is 5.60 Å². The van der Waals surface area contributed by atoms with E-state index in [1.165, 1.54) is 19.3 Å². The summed E-state index contributed by atoms with van der Waals surface area (Å²) < 4.78 is 0. The molecule has 1 saturated heterocycles. The van der Waals surface area contributed by atoms with Crippen LogP contribution in [-0.4, -0.2) is 34.2 Å². The van der Waals surface area contributed by atoms with Crippen LogP contribution >= 0.6 is 0 Å². The first-order valence-electron chi connectivity index (χ1n) is 5.98. The third-order valence-electron chi connectivity index (χ3n) is 3.71. The summed E-state index contributed by atoms with van der Waals surface area (Å²) in [6, 6.07) is 1.35. The molecule has 0 aromatic rings. The van der Waals surface area contributed by atoms with Gasteiger partial charge in [0.15, 0.2) is 0 Å². The van der Waals surface area contributed by atoms with E-state index in [9.17, 15) is 5.11 Å². The molecule has 0 saturated carbocycles. The smallest absolute Gasteiger partial charge is 0.0743 e. The molecule has 84 valence electrons. The highest BCUT2D eigenvalue weighted by atomic mass is 16.3. The molecule has 1 rings (SSSR count). The lowest BCUT2D eigenvalue weighted by molar-refractivity contribution is 0.00205. The zero-order valence-corrected chi connectivity index (χ0v) is 10.1. The Morgan fingerprint density at radius 1 is 1.36 bits per heavy atom. The summed E-state index contributed by atoms with van der Waals surface area (Å²) >= 11 is 0. The highest BCUT2D eigenvalue weighted by molar-refractivity contribution is 4.88. The van der Waals surface area contributed by atoms with E-state index in [-0.39, 0.29) is 0 Å². The van der Waals surface area contributed by atoms with Gasteiger partial charge in [0.2, 0.25) is 0 Å². The molecule has 2 heteroatoms. The van der Waals surface area contributed by atoms with E-state index in [2.05, 4.69) is 25.7 Å². The molecule has 1 fully saturated rings.